The Morgan fingerprint density at radius 2 is 1.97 bits per heavy atom. The molecule has 4 rings (SSSR count). The minimum Gasteiger partial charge on any atom is -0.378 e. The van der Waals surface area contributed by atoms with Crippen LogP contribution in [0.25, 0.3) is 0 Å². The van der Waals surface area contributed by atoms with Crippen LogP contribution in [0, 0.1) is 0 Å². The summed E-state index contributed by atoms with van der Waals surface area (Å²) in [6.45, 7) is 5.75. The van der Waals surface area contributed by atoms with Crippen LogP contribution in [0.4, 0.5) is 23.1 Å². The van der Waals surface area contributed by atoms with Crippen LogP contribution in [-0.4, -0.2) is 63.6 Å². The van der Waals surface area contributed by atoms with E-state index in [-0.39, 0.29) is 24.5 Å². The fourth-order valence-electron chi connectivity index (χ4n) is 4.12. The molecule has 0 unspecified atom stereocenters. The Balaban J connectivity index is 1.48. The summed E-state index contributed by atoms with van der Waals surface area (Å²) in [6, 6.07) is 7.78. The van der Waals surface area contributed by atoms with Crippen LogP contribution in [0.3, 0.4) is 0 Å². The third kappa shape index (κ3) is 5.68. The molecule has 0 saturated carbocycles. The molecule has 1 fully saturated rings. The Labute approximate surface area is 205 Å². The summed E-state index contributed by atoms with van der Waals surface area (Å²) in [5.41, 5.74) is 8.97. The van der Waals surface area contributed by atoms with Crippen molar-refractivity contribution in [3.05, 3.63) is 47.9 Å². The SMILES string of the molecule is CCn1cc(Nc2nc(N3C[C@H](NC(=O)c4ccc(N(C)C)cc4)CC[C@@H]3C)nnc2CN)cn1. The number of hydrogen-bond acceptors (Lipinski definition) is 9. The molecule has 3 heterocycles. The molecule has 2 atom stereocenters. The van der Waals surface area contributed by atoms with E-state index in [0.717, 1.165) is 30.8 Å². The average Bonchev–Trinajstić information content (AvgIpc) is 3.32. The van der Waals surface area contributed by atoms with E-state index in [0.29, 0.717) is 29.6 Å². The number of nitrogens with zero attached hydrogens (tertiary/aromatic N) is 7. The zero-order chi connectivity index (χ0) is 24.9. The highest BCUT2D eigenvalue weighted by molar-refractivity contribution is 5.94. The van der Waals surface area contributed by atoms with E-state index in [1.807, 2.05) is 61.1 Å². The molecule has 1 aliphatic heterocycles. The van der Waals surface area contributed by atoms with Gasteiger partial charge >= 0.3 is 0 Å². The number of carbonyl (C=O) groups is 1. The smallest absolute Gasteiger partial charge is 0.251 e. The van der Waals surface area contributed by atoms with Gasteiger partial charge in [0, 0.05) is 63.3 Å². The molecule has 11 nitrogen and oxygen atoms in total. The molecule has 1 aliphatic rings. The number of nitrogens with one attached hydrogen (secondary N) is 2. The van der Waals surface area contributed by atoms with Gasteiger partial charge in [-0.15, -0.1) is 10.2 Å². The molecule has 1 saturated heterocycles. The molecule has 1 amide bonds. The van der Waals surface area contributed by atoms with Gasteiger partial charge in [0.15, 0.2) is 5.82 Å². The minimum absolute atomic E-state index is 0.0239. The lowest BCUT2D eigenvalue weighted by atomic mass is 9.99. The zero-order valence-corrected chi connectivity index (χ0v) is 20.8. The van der Waals surface area contributed by atoms with Crippen LogP contribution >= 0.6 is 0 Å². The molecule has 0 spiro atoms. The minimum atomic E-state index is -0.0809. The quantitative estimate of drug-likeness (QED) is 0.446. The number of benzene rings is 1. The normalized spacial score (nSPS) is 17.8. The van der Waals surface area contributed by atoms with Crippen molar-refractivity contribution < 1.29 is 4.79 Å². The number of aryl methyl sites for hydroxylation is 1. The highest BCUT2D eigenvalue weighted by Crippen LogP contribution is 2.25. The van der Waals surface area contributed by atoms with E-state index in [9.17, 15) is 4.79 Å². The van der Waals surface area contributed by atoms with Crippen LogP contribution in [0.5, 0.6) is 0 Å². The Morgan fingerprint density at radius 1 is 1.20 bits per heavy atom. The van der Waals surface area contributed by atoms with Crippen LogP contribution in [0.15, 0.2) is 36.7 Å². The maximum Gasteiger partial charge on any atom is 0.251 e. The van der Waals surface area contributed by atoms with E-state index in [1.54, 1.807) is 6.20 Å². The maximum atomic E-state index is 12.9. The summed E-state index contributed by atoms with van der Waals surface area (Å²) >= 11 is 0. The van der Waals surface area contributed by atoms with Gasteiger partial charge in [0.2, 0.25) is 5.95 Å². The van der Waals surface area contributed by atoms with Crippen molar-refractivity contribution in [1.82, 2.24) is 30.3 Å². The van der Waals surface area contributed by atoms with Gasteiger partial charge in [0.1, 0.15) is 5.69 Å². The van der Waals surface area contributed by atoms with Crippen molar-refractivity contribution in [2.75, 3.05) is 35.8 Å². The second kappa shape index (κ2) is 10.7. The molecule has 3 aromatic rings. The van der Waals surface area contributed by atoms with Gasteiger partial charge in [-0.25, -0.2) is 0 Å². The number of aromatic nitrogens is 5. The number of rotatable bonds is 8. The van der Waals surface area contributed by atoms with E-state index in [4.69, 9.17) is 10.7 Å². The highest BCUT2D eigenvalue weighted by atomic mass is 16.1. The molecule has 0 radical (unpaired) electrons. The summed E-state index contributed by atoms with van der Waals surface area (Å²) in [6.07, 6.45) is 5.43. The predicted octanol–water partition coefficient (Wildman–Crippen LogP) is 2.14. The Morgan fingerprint density at radius 3 is 2.63 bits per heavy atom. The van der Waals surface area contributed by atoms with Crippen molar-refractivity contribution in [1.29, 1.82) is 0 Å². The lowest BCUT2D eigenvalue weighted by Gasteiger charge is -2.38. The fourth-order valence-corrected chi connectivity index (χ4v) is 4.12. The second-order valence-electron chi connectivity index (χ2n) is 9.01. The standard InChI is InChI=1S/C24H34N10O/c1-5-33-14-19(13-26-33)27-22-21(12-25)30-31-24(29-22)34-15-18(9-6-16(34)2)28-23(35)17-7-10-20(11-8-17)32(3)4/h7-8,10-11,13-14,16,18H,5-6,9,12,15,25H2,1-4H3,(H,28,35)(H,27,29,31)/t16-,18+/m0/s1. The Kier molecular flexibility index (Phi) is 7.45. The summed E-state index contributed by atoms with van der Waals surface area (Å²) in [5.74, 6) is 0.990. The van der Waals surface area contributed by atoms with Gasteiger partial charge in [0.05, 0.1) is 11.9 Å². The molecule has 11 heteroatoms. The Bertz CT molecular complexity index is 1140. The van der Waals surface area contributed by atoms with E-state index >= 15 is 0 Å². The fraction of sp³-hybridized carbons (Fsp3) is 0.458. The predicted molar refractivity (Wildman–Crippen MR) is 137 cm³/mol. The number of amides is 1. The van der Waals surface area contributed by atoms with Crippen molar-refractivity contribution in [2.24, 2.45) is 5.73 Å². The van der Waals surface area contributed by atoms with Crippen LogP contribution in [-0.2, 0) is 13.1 Å². The number of hydrogen-bond donors (Lipinski definition) is 3. The van der Waals surface area contributed by atoms with Gasteiger partial charge in [-0.2, -0.15) is 10.1 Å². The number of piperidine rings is 1. The van der Waals surface area contributed by atoms with Crippen molar-refractivity contribution >= 4 is 29.0 Å². The molecule has 4 N–H and O–H groups in total. The van der Waals surface area contributed by atoms with E-state index < -0.39 is 0 Å². The van der Waals surface area contributed by atoms with Gasteiger partial charge in [-0.05, 0) is 51.0 Å². The van der Waals surface area contributed by atoms with E-state index in [1.165, 1.54) is 0 Å². The number of anilines is 4. The van der Waals surface area contributed by atoms with Crippen LogP contribution in [0.2, 0.25) is 0 Å². The summed E-state index contributed by atoms with van der Waals surface area (Å²) in [5, 5.41) is 19.4. The summed E-state index contributed by atoms with van der Waals surface area (Å²) in [4.78, 5) is 21.7. The van der Waals surface area contributed by atoms with Gasteiger partial charge in [0.25, 0.3) is 5.91 Å². The first-order valence-electron chi connectivity index (χ1n) is 12.0. The largest absolute Gasteiger partial charge is 0.378 e. The first kappa shape index (κ1) is 24.4. The summed E-state index contributed by atoms with van der Waals surface area (Å²) in [7, 11) is 3.95. The topological polar surface area (TPSA) is 130 Å². The van der Waals surface area contributed by atoms with Crippen molar-refractivity contribution in [2.45, 2.75) is 51.9 Å². The summed E-state index contributed by atoms with van der Waals surface area (Å²) < 4.78 is 1.83. The Hall–Kier alpha value is -3.73. The molecular formula is C24H34N10O. The first-order valence-corrected chi connectivity index (χ1v) is 12.0. The molecule has 35 heavy (non-hydrogen) atoms. The molecule has 0 aliphatic carbocycles. The van der Waals surface area contributed by atoms with Crippen molar-refractivity contribution in [3.8, 4) is 0 Å². The van der Waals surface area contributed by atoms with E-state index in [2.05, 4.69) is 37.8 Å². The number of carbonyl (C=O) groups excluding carboxylic acids is 1. The molecule has 0 bridgehead atoms. The zero-order valence-electron chi connectivity index (χ0n) is 20.8. The van der Waals surface area contributed by atoms with Gasteiger partial charge in [-0.3, -0.25) is 9.48 Å². The van der Waals surface area contributed by atoms with Crippen molar-refractivity contribution in [3.63, 3.8) is 0 Å². The average molecular weight is 479 g/mol. The first-order chi connectivity index (χ1) is 16.9. The van der Waals surface area contributed by atoms with Crippen LogP contribution < -0.4 is 26.2 Å². The molecule has 1 aromatic carbocycles. The molecular weight excluding hydrogens is 444 g/mol. The second-order valence-corrected chi connectivity index (χ2v) is 9.01. The lowest BCUT2D eigenvalue weighted by molar-refractivity contribution is 0.0931. The number of nitrogens with two attached hydrogens (primary N) is 1. The van der Waals surface area contributed by atoms with Gasteiger partial charge in [-0.1, -0.05) is 0 Å². The van der Waals surface area contributed by atoms with Crippen LogP contribution in [0.1, 0.15) is 42.7 Å². The third-order valence-electron chi connectivity index (χ3n) is 6.28. The monoisotopic (exact) mass is 478 g/mol. The molecule has 186 valence electrons. The highest BCUT2D eigenvalue weighted by Gasteiger charge is 2.29. The lowest BCUT2D eigenvalue weighted by Crippen LogP contribution is -2.51. The van der Waals surface area contributed by atoms with Gasteiger partial charge < -0.3 is 26.2 Å². The molecule has 2 aromatic heterocycles. The third-order valence-corrected chi connectivity index (χ3v) is 6.28. The maximum absolute atomic E-state index is 12.9.